The predicted molar refractivity (Wildman–Crippen MR) is 104 cm³/mol. The third kappa shape index (κ3) is 5.29. The van der Waals surface area contributed by atoms with Crippen molar-refractivity contribution in [3.8, 4) is 11.4 Å². The van der Waals surface area contributed by atoms with Gasteiger partial charge in [-0.25, -0.2) is 4.79 Å². The molecule has 27 heavy (non-hydrogen) atoms. The zero-order valence-corrected chi connectivity index (χ0v) is 15.7. The highest BCUT2D eigenvalue weighted by Crippen LogP contribution is 2.35. The van der Waals surface area contributed by atoms with Crippen LogP contribution in [0.15, 0.2) is 33.6 Å². The molecule has 146 valence electrons. The number of amides is 1. The normalized spacial score (nSPS) is 22.7. The van der Waals surface area contributed by atoms with Crippen molar-refractivity contribution in [3.05, 3.63) is 34.8 Å². The van der Waals surface area contributed by atoms with E-state index in [-0.39, 0.29) is 0 Å². The molecule has 4 rings (SSSR count). The van der Waals surface area contributed by atoms with Crippen molar-refractivity contribution in [1.29, 1.82) is 0 Å². The lowest BCUT2D eigenvalue weighted by Crippen LogP contribution is -2.29. The quantitative estimate of drug-likeness (QED) is 0.716. The Bertz CT molecular complexity index is 762. The van der Waals surface area contributed by atoms with Gasteiger partial charge in [-0.1, -0.05) is 37.3 Å². The molecule has 3 N–H and O–H groups in total. The van der Waals surface area contributed by atoms with Crippen LogP contribution >= 0.6 is 0 Å². The van der Waals surface area contributed by atoms with E-state index >= 15 is 0 Å². The molecule has 2 fully saturated rings. The second-order valence-electron chi connectivity index (χ2n) is 7.38. The van der Waals surface area contributed by atoms with Gasteiger partial charge in [0.15, 0.2) is 5.82 Å². The molecule has 1 amide bonds. The minimum atomic E-state index is -0.597. The molecule has 1 saturated carbocycles. The Hall–Kier alpha value is -2.41. The average molecular weight is 372 g/mol. The van der Waals surface area contributed by atoms with Crippen LogP contribution in [0.5, 0.6) is 0 Å². The zero-order valence-electron chi connectivity index (χ0n) is 15.7. The van der Waals surface area contributed by atoms with Gasteiger partial charge in [-0.05, 0) is 56.0 Å². The highest BCUT2D eigenvalue weighted by Gasteiger charge is 2.30. The summed E-state index contributed by atoms with van der Waals surface area (Å²) < 4.78 is 4.36. The Morgan fingerprint density at radius 2 is 1.89 bits per heavy atom. The first-order chi connectivity index (χ1) is 13.2. The highest BCUT2D eigenvalue weighted by molar-refractivity contribution is 5.72. The molecule has 7 heteroatoms. The molecule has 1 aliphatic heterocycles. The molecule has 7 nitrogen and oxygen atoms in total. The fraction of sp³-hybridized carbons (Fsp3) is 0.550. The molecular weight excluding hydrogens is 344 g/mol. The minimum Gasteiger partial charge on any atom is -0.329 e. The van der Waals surface area contributed by atoms with Gasteiger partial charge in [0.1, 0.15) is 0 Å². The number of anilines is 1. The largest absolute Gasteiger partial charge is 0.439 e. The van der Waals surface area contributed by atoms with Crippen molar-refractivity contribution in [1.82, 2.24) is 15.5 Å². The molecule has 1 saturated heterocycles. The molecule has 0 spiro atoms. The van der Waals surface area contributed by atoms with Crippen LogP contribution < -0.4 is 16.4 Å². The molecule has 0 radical (unpaired) electrons. The molecule has 2 unspecified atom stereocenters. The van der Waals surface area contributed by atoms with E-state index in [0.29, 0.717) is 23.5 Å². The Morgan fingerprint density at radius 1 is 1.15 bits per heavy atom. The second-order valence-corrected chi connectivity index (χ2v) is 7.38. The number of H-pyrrole nitrogens is 1. The number of aromatic nitrogens is 2. The summed E-state index contributed by atoms with van der Waals surface area (Å²) in [5.41, 5.74) is 1.37. The lowest BCUT2D eigenvalue weighted by atomic mass is 9.77. The molecule has 2 heterocycles. The van der Waals surface area contributed by atoms with Crippen LogP contribution in [0, 0.1) is 11.8 Å². The fourth-order valence-corrected chi connectivity index (χ4v) is 4.23. The fourth-order valence-electron chi connectivity index (χ4n) is 4.23. The smallest absolute Gasteiger partial charge is 0.329 e. The van der Waals surface area contributed by atoms with Gasteiger partial charge in [0.05, 0.1) is 0 Å². The maximum absolute atomic E-state index is 10.7. The Morgan fingerprint density at radius 3 is 2.44 bits per heavy atom. The van der Waals surface area contributed by atoms with E-state index in [1.54, 1.807) is 24.3 Å². The number of aromatic amines is 1. The number of rotatable bonds is 4. The van der Waals surface area contributed by atoms with Gasteiger partial charge in [0.2, 0.25) is 6.41 Å². The molecule has 0 bridgehead atoms. The maximum atomic E-state index is 10.7. The van der Waals surface area contributed by atoms with Crippen LogP contribution in [0.4, 0.5) is 5.69 Å². The summed E-state index contributed by atoms with van der Waals surface area (Å²) in [5, 5.41) is 9.59. The lowest BCUT2D eigenvalue weighted by Gasteiger charge is -2.29. The summed E-state index contributed by atoms with van der Waals surface area (Å²) in [6.07, 6.45) is 9.53. The van der Waals surface area contributed by atoms with Gasteiger partial charge >= 0.3 is 5.76 Å². The number of carbonyl (C=O) groups is 1. The number of nitrogens with zero attached hydrogens (tertiary/aromatic N) is 1. The van der Waals surface area contributed by atoms with E-state index < -0.39 is 5.76 Å². The van der Waals surface area contributed by atoms with Crippen LogP contribution in [-0.2, 0) is 4.79 Å². The minimum absolute atomic E-state index is 0.359. The van der Waals surface area contributed by atoms with Crippen molar-refractivity contribution < 1.29 is 9.32 Å². The van der Waals surface area contributed by atoms with Gasteiger partial charge in [0.25, 0.3) is 0 Å². The molecule has 2 aromatic rings. The second kappa shape index (κ2) is 9.50. The van der Waals surface area contributed by atoms with Crippen LogP contribution in [0.1, 0.15) is 45.4 Å². The standard InChI is InChI=1S/C11H21N.C9H7N3O3/c1-9-11(7-8-12-9)10-5-3-2-4-6-10;13-5-10-7-3-1-6(2-4-7)8-11-9(14)15-12-8/h9-12H,2-8H2,1H3;1-5H,(H,10,13)(H,11,12,14). The number of carbonyl (C=O) groups excluding carboxylic acids is 1. The molecule has 2 aliphatic rings. The Labute approximate surface area is 158 Å². The molecule has 2 atom stereocenters. The number of hydrogen-bond acceptors (Lipinski definition) is 5. The van der Waals surface area contributed by atoms with E-state index in [1.807, 2.05) is 0 Å². The monoisotopic (exact) mass is 372 g/mol. The summed E-state index contributed by atoms with van der Waals surface area (Å²) in [6.45, 7) is 3.63. The van der Waals surface area contributed by atoms with E-state index in [2.05, 4.69) is 32.2 Å². The van der Waals surface area contributed by atoms with E-state index in [1.165, 1.54) is 45.1 Å². The Balaban J connectivity index is 0.000000159. The van der Waals surface area contributed by atoms with Gasteiger partial charge in [0, 0.05) is 17.3 Å². The zero-order chi connectivity index (χ0) is 19.1. The first kappa shape index (κ1) is 19.4. The average Bonchev–Trinajstić information content (AvgIpc) is 3.32. The van der Waals surface area contributed by atoms with Gasteiger partial charge in [-0.15, -0.1) is 0 Å². The SMILES string of the molecule is CC1NCCC1C1CCCCC1.O=CNc1ccc(-c2noc(=O)[nH]2)cc1. The van der Waals surface area contributed by atoms with Crippen LogP contribution in [-0.4, -0.2) is 29.1 Å². The van der Waals surface area contributed by atoms with Crippen molar-refractivity contribution >= 4 is 12.1 Å². The first-order valence-electron chi connectivity index (χ1n) is 9.77. The van der Waals surface area contributed by atoms with E-state index in [0.717, 1.165) is 17.9 Å². The summed E-state index contributed by atoms with van der Waals surface area (Å²) in [5.74, 6) is 1.83. The van der Waals surface area contributed by atoms with Crippen molar-refractivity contribution in [2.24, 2.45) is 11.8 Å². The van der Waals surface area contributed by atoms with Crippen molar-refractivity contribution in [2.45, 2.75) is 51.5 Å². The Kier molecular flexibility index (Phi) is 6.81. The van der Waals surface area contributed by atoms with Crippen LogP contribution in [0.25, 0.3) is 11.4 Å². The molecule has 1 aromatic heterocycles. The third-order valence-corrected chi connectivity index (χ3v) is 5.67. The maximum Gasteiger partial charge on any atom is 0.439 e. The number of benzene rings is 1. The summed E-state index contributed by atoms with van der Waals surface area (Å²) in [7, 11) is 0. The van der Waals surface area contributed by atoms with E-state index in [9.17, 15) is 9.59 Å². The number of hydrogen-bond donors (Lipinski definition) is 3. The topological polar surface area (TPSA) is 100 Å². The van der Waals surface area contributed by atoms with Gasteiger partial charge in [-0.3, -0.25) is 14.3 Å². The molecule has 1 aromatic carbocycles. The molecule has 1 aliphatic carbocycles. The predicted octanol–water partition coefficient (Wildman–Crippen LogP) is 3.16. The van der Waals surface area contributed by atoms with Gasteiger partial charge < -0.3 is 10.6 Å². The van der Waals surface area contributed by atoms with Crippen molar-refractivity contribution in [3.63, 3.8) is 0 Å². The third-order valence-electron chi connectivity index (χ3n) is 5.67. The summed E-state index contributed by atoms with van der Waals surface area (Å²) in [4.78, 5) is 23.3. The summed E-state index contributed by atoms with van der Waals surface area (Å²) in [6, 6.07) is 7.60. The van der Waals surface area contributed by atoms with E-state index in [4.69, 9.17) is 0 Å². The van der Waals surface area contributed by atoms with Gasteiger partial charge in [-0.2, -0.15) is 0 Å². The van der Waals surface area contributed by atoms with Crippen LogP contribution in [0.2, 0.25) is 0 Å². The molecular formula is C20H28N4O3. The van der Waals surface area contributed by atoms with Crippen molar-refractivity contribution in [2.75, 3.05) is 11.9 Å². The van der Waals surface area contributed by atoms with Crippen LogP contribution in [0.3, 0.4) is 0 Å². The first-order valence-corrected chi connectivity index (χ1v) is 9.77. The number of nitrogens with one attached hydrogen (secondary N) is 3. The highest BCUT2D eigenvalue weighted by atomic mass is 16.5. The summed E-state index contributed by atoms with van der Waals surface area (Å²) >= 11 is 0. The lowest BCUT2D eigenvalue weighted by molar-refractivity contribution is -0.105.